The molecule has 0 saturated carbocycles. The normalized spacial score (nSPS) is 10.6. The van der Waals surface area contributed by atoms with Crippen molar-refractivity contribution in [3.63, 3.8) is 0 Å². The number of carbonyl (C=O) groups excluding carboxylic acids is 3. The highest BCUT2D eigenvalue weighted by Crippen LogP contribution is 2.39. The molecule has 4 aromatic rings. The monoisotopic (exact) mass is 525 g/mol. The molecule has 0 saturated heterocycles. The maximum atomic E-state index is 14.0. The molecule has 0 bridgehead atoms. The van der Waals surface area contributed by atoms with Gasteiger partial charge in [0.25, 0.3) is 5.91 Å². The predicted octanol–water partition coefficient (Wildman–Crippen LogP) is 6.63. The van der Waals surface area contributed by atoms with Gasteiger partial charge in [0.15, 0.2) is 11.4 Å². The number of nitrogens with one attached hydrogen (secondary N) is 2. The van der Waals surface area contributed by atoms with Gasteiger partial charge >= 0.3 is 11.9 Å². The molecule has 8 nitrogen and oxygen atoms in total. The summed E-state index contributed by atoms with van der Waals surface area (Å²) in [6.07, 6.45) is 0. The summed E-state index contributed by atoms with van der Waals surface area (Å²) in [5, 5.41) is 6.52. The summed E-state index contributed by atoms with van der Waals surface area (Å²) < 4.78 is 11.9. The lowest BCUT2D eigenvalue weighted by molar-refractivity contribution is 0.0497. The van der Waals surface area contributed by atoms with Crippen LogP contribution >= 0.6 is 0 Å². The van der Waals surface area contributed by atoms with Crippen LogP contribution in [0.15, 0.2) is 78.9 Å². The van der Waals surface area contributed by atoms with Gasteiger partial charge in [-0.05, 0) is 64.1 Å². The lowest BCUT2D eigenvalue weighted by Gasteiger charge is -2.13. The molecule has 0 radical (unpaired) electrons. The molecule has 0 spiro atoms. The topological polar surface area (TPSA) is 98.7 Å². The van der Waals surface area contributed by atoms with Crippen molar-refractivity contribution in [1.29, 1.82) is 0 Å². The summed E-state index contributed by atoms with van der Waals surface area (Å²) in [6.45, 7) is 7.42. The van der Waals surface area contributed by atoms with Crippen molar-refractivity contribution in [2.75, 3.05) is 23.8 Å². The number of aryl methyl sites for hydroxylation is 2. The molecule has 4 rings (SSSR count). The minimum absolute atomic E-state index is 0.0724. The molecule has 0 aliphatic carbocycles. The maximum absolute atomic E-state index is 14.0. The summed E-state index contributed by atoms with van der Waals surface area (Å²) >= 11 is 0. The van der Waals surface area contributed by atoms with Crippen molar-refractivity contribution in [3.05, 3.63) is 107 Å². The second-order valence-corrected chi connectivity index (χ2v) is 8.88. The minimum atomic E-state index is -0.765. The molecule has 2 N–H and O–H groups in total. The van der Waals surface area contributed by atoms with Gasteiger partial charge in [-0.3, -0.25) is 9.36 Å². The lowest BCUT2D eigenvalue weighted by Crippen LogP contribution is -2.25. The largest absolute Gasteiger partial charge is 0.461 e. The first-order chi connectivity index (χ1) is 18.8. The van der Waals surface area contributed by atoms with Crippen molar-refractivity contribution in [2.45, 2.75) is 27.7 Å². The zero-order valence-corrected chi connectivity index (χ0v) is 22.4. The molecule has 8 heteroatoms. The molecular formula is C31H31N3O5. The van der Waals surface area contributed by atoms with Crippen LogP contribution < -0.4 is 10.6 Å². The van der Waals surface area contributed by atoms with Gasteiger partial charge in [-0.15, -0.1) is 0 Å². The van der Waals surface area contributed by atoms with E-state index in [9.17, 15) is 14.4 Å². The van der Waals surface area contributed by atoms with E-state index < -0.39 is 17.8 Å². The number of nitrogens with zero attached hydrogens (tertiary/aromatic N) is 1. The molecule has 39 heavy (non-hydrogen) atoms. The fourth-order valence-electron chi connectivity index (χ4n) is 4.08. The number of hydrogen-bond donors (Lipinski definition) is 2. The van der Waals surface area contributed by atoms with E-state index in [4.69, 9.17) is 9.47 Å². The van der Waals surface area contributed by atoms with Crippen molar-refractivity contribution < 1.29 is 23.9 Å². The Morgan fingerprint density at radius 1 is 0.641 bits per heavy atom. The Morgan fingerprint density at radius 2 is 1.05 bits per heavy atom. The quantitative estimate of drug-likeness (QED) is 0.237. The highest BCUT2D eigenvalue weighted by molar-refractivity contribution is 6.14. The van der Waals surface area contributed by atoms with Crippen LogP contribution in [0, 0.1) is 13.8 Å². The van der Waals surface area contributed by atoms with Crippen LogP contribution in [0.4, 0.5) is 22.7 Å². The van der Waals surface area contributed by atoms with Gasteiger partial charge in [0, 0.05) is 16.9 Å². The third-order valence-electron chi connectivity index (χ3n) is 5.97. The number of esters is 2. The zero-order chi connectivity index (χ0) is 27.9. The Labute approximate surface area is 227 Å². The Morgan fingerprint density at radius 3 is 1.44 bits per heavy atom. The smallest absolute Gasteiger partial charge is 0.357 e. The molecule has 1 aromatic heterocycles. The lowest BCUT2D eigenvalue weighted by atomic mass is 10.2. The fourth-order valence-corrected chi connectivity index (χ4v) is 4.08. The third kappa shape index (κ3) is 6.01. The highest BCUT2D eigenvalue weighted by Gasteiger charge is 2.36. The van der Waals surface area contributed by atoms with E-state index in [1.54, 1.807) is 44.2 Å². The molecule has 0 amide bonds. The van der Waals surface area contributed by atoms with Gasteiger partial charge in [-0.1, -0.05) is 53.6 Å². The van der Waals surface area contributed by atoms with Crippen LogP contribution in [0.5, 0.6) is 0 Å². The highest BCUT2D eigenvalue weighted by atomic mass is 16.5. The standard InChI is InChI=1S/C31H31N3O5/c1-5-38-30(36)27-25(32-23-16-12-20(3)13-17-23)26(33-24-18-14-21(4)15-19-24)28(31(37)39-6-2)34(27)29(35)22-10-8-7-9-11-22/h7-19,32-33H,5-6H2,1-4H3. The number of ether oxygens (including phenoxy) is 2. The van der Waals surface area contributed by atoms with Gasteiger partial charge in [-0.2, -0.15) is 0 Å². The van der Waals surface area contributed by atoms with Gasteiger partial charge < -0.3 is 20.1 Å². The molecule has 0 unspecified atom stereocenters. The predicted molar refractivity (Wildman–Crippen MR) is 151 cm³/mol. The van der Waals surface area contributed by atoms with E-state index in [1.807, 2.05) is 62.4 Å². The van der Waals surface area contributed by atoms with Crippen LogP contribution in [0.3, 0.4) is 0 Å². The fraction of sp³-hybridized carbons (Fsp3) is 0.194. The number of benzene rings is 3. The Hall–Kier alpha value is -4.85. The second kappa shape index (κ2) is 12.1. The number of aromatic nitrogens is 1. The molecule has 0 aliphatic heterocycles. The number of anilines is 4. The van der Waals surface area contributed by atoms with E-state index in [1.165, 1.54) is 0 Å². The van der Waals surface area contributed by atoms with E-state index in [-0.39, 0.29) is 41.5 Å². The maximum Gasteiger partial charge on any atom is 0.357 e. The van der Waals surface area contributed by atoms with Crippen molar-refractivity contribution in [1.82, 2.24) is 4.57 Å². The third-order valence-corrected chi connectivity index (χ3v) is 5.97. The average molecular weight is 526 g/mol. The Balaban J connectivity index is 2.05. The van der Waals surface area contributed by atoms with E-state index in [0.29, 0.717) is 11.4 Å². The van der Waals surface area contributed by atoms with Crippen molar-refractivity contribution in [2.24, 2.45) is 0 Å². The minimum Gasteiger partial charge on any atom is -0.461 e. The molecule has 0 atom stereocenters. The van der Waals surface area contributed by atoms with E-state index in [2.05, 4.69) is 10.6 Å². The summed E-state index contributed by atoms with van der Waals surface area (Å²) in [6, 6.07) is 23.5. The van der Waals surface area contributed by atoms with Crippen LogP contribution in [0.25, 0.3) is 0 Å². The molecular weight excluding hydrogens is 494 g/mol. The molecule has 0 aliphatic rings. The molecule has 3 aromatic carbocycles. The van der Waals surface area contributed by atoms with Crippen LogP contribution in [-0.2, 0) is 9.47 Å². The molecule has 200 valence electrons. The van der Waals surface area contributed by atoms with Gasteiger partial charge in [0.05, 0.1) is 24.6 Å². The summed E-state index contributed by atoms with van der Waals surface area (Å²) in [5.74, 6) is -2.11. The van der Waals surface area contributed by atoms with Crippen LogP contribution in [0.2, 0.25) is 0 Å². The Kier molecular flexibility index (Phi) is 8.46. The Bertz CT molecular complexity index is 1390. The second-order valence-electron chi connectivity index (χ2n) is 8.88. The van der Waals surface area contributed by atoms with Crippen molar-refractivity contribution in [3.8, 4) is 0 Å². The summed E-state index contributed by atoms with van der Waals surface area (Å²) in [4.78, 5) is 40.9. The summed E-state index contributed by atoms with van der Waals surface area (Å²) in [5.41, 5.74) is 3.87. The number of rotatable bonds is 9. The first-order valence-corrected chi connectivity index (χ1v) is 12.7. The van der Waals surface area contributed by atoms with Gasteiger partial charge in [-0.25, -0.2) is 9.59 Å². The molecule has 1 heterocycles. The number of carbonyl (C=O) groups is 3. The molecule has 0 fully saturated rings. The van der Waals surface area contributed by atoms with Crippen LogP contribution in [0.1, 0.15) is 56.3 Å². The van der Waals surface area contributed by atoms with Crippen molar-refractivity contribution >= 4 is 40.6 Å². The summed E-state index contributed by atoms with van der Waals surface area (Å²) in [7, 11) is 0. The van der Waals surface area contributed by atoms with Gasteiger partial charge in [0.1, 0.15) is 0 Å². The van der Waals surface area contributed by atoms with E-state index in [0.717, 1.165) is 15.7 Å². The zero-order valence-electron chi connectivity index (χ0n) is 22.4. The first kappa shape index (κ1) is 27.2. The first-order valence-electron chi connectivity index (χ1n) is 12.7. The SMILES string of the molecule is CCOC(=O)c1c(Nc2ccc(C)cc2)c(Nc2ccc(C)cc2)c(C(=O)OCC)n1C(=O)c1ccccc1. The average Bonchev–Trinajstić information content (AvgIpc) is 3.25. The van der Waals surface area contributed by atoms with Crippen LogP contribution in [-0.4, -0.2) is 35.6 Å². The van der Waals surface area contributed by atoms with Gasteiger partial charge in [0.2, 0.25) is 0 Å². The van der Waals surface area contributed by atoms with E-state index >= 15 is 0 Å². The number of hydrogen-bond acceptors (Lipinski definition) is 7.